The van der Waals surface area contributed by atoms with Gasteiger partial charge < -0.3 is 20.3 Å². The molecular formula is C69H135NO5. The molecule has 6 nitrogen and oxygen atoms in total. The predicted octanol–water partition coefficient (Wildman–Crippen LogP) is 22.0. The van der Waals surface area contributed by atoms with Crippen LogP contribution in [-0.2, 0) is 14.3 Å². The number of carbonyl (C=O) groups is 2. The van der Waals surface area contributed by atoms with Crippen LogP contribution in [0.25, 0.3) is 0 Å². The maximum atomic E-state index is 12.4. The van der Waals surface area contributed by atoms with Gasteiger partial charge in [0.25, 0.3) is 0 Å². The molecule has 0 aromatic rings. The van der Waals surface area contributed by atoms with E-state index in [0.717, 1.165) is 38.5 Å². The normalized spacial score (nSPS) is 12.5. The topological polar surface area (TPSA) is 95.9 Å². The number of esters is 1. The third-order valence-electron chi connectivity index (χ3n) is 16.3. The number of amides is 1. The minimum Gasteiger partial charge on any atom is -0.466 e. The zero-order chi connectivity index (χ0) is 54.3. The molecule has 0 bridgehead atoms. The molecule has 0 aliphatic heterocycles. The largest absolute Gasteiger partial charge is 0.466 e. The monoisotopic (exact) mass is 1060 g/mol. The van der Waals surface area contributed by atoms with Crippen molar-refractivity contribution < 1.29 is 24.5 Å². The van der Waals surface area contributed by atoms with Gasteiger partial charge in [-0.3, -0.25) is 9.59 Å². The number of allylic oxidation sites excluding steroid dienone is 1. The summed E-state index contributed by atoms with van der Waals surface area (Å²) in [4.78, 5) is 24.5. The first kappa shape index (κ1) is 73.6. The fourth-order valence-electron chi connectivity index (χ4n) is 11.1. The van der Waals surface area contributed by atoms with E-state index in [1.807, 2.05) is 6.08 Å². The van der Waals surface area contributed by atoms with Gasteiger partial charge in [-0.05, 0) is 32.1 Å². The lowest BCUT2D eigenvalue weighted by molar-refractivity contribution is -0.143. The number of aliphatic hydroxyl groups is 2. The lowest BCUT2D eigenvalue weighted by Gasteiger charge is -2.20. The van der Waals surface area contributed by atoms with Gasteiger partial charge in [0.15, 0.2) is 0 Å². The summed E-state index contributed by atoms with van der Waals surface area (Å²) in [5.41, 5.74) is 0. The van der Waals surface area contributed by atoms with Gasteiger partial charge in [0.05, 0.1) is 25.4 Å². The van der Waals surface area contributed by atoms with E-state index in [1.165, 1.54) is 327 Å². The van der Waals surface area contributed by atoms with Gasteiger partial charge in [0, 0.05) is 12.8 Å². The number of carbonyl (C=O) groups excluding carboxylic acids is 2. The lowest BCUT2D eigenvalue weighted by atomic mass is 10.0. The van der Waals surface area contributed by atoms with Crippen molar-refractivity contribution in [3.63, 3.8) is 0 Å². The van der Waals surface area contributed by atoms with Crippen molar-refractivity contribution >= 4 is 11.9 Å². The van der Waals surface area contributed by atoms with Gasteiger partial charge in [-0.2, -0.15) is 0 Å². The summed E-state index contributed by atoms with van der Waals surface area (Å²) in [7, 11) is 0. The van der Waals surface area contributed by atoms with Gasteiger partial charge >= 0.3 is 5.97 Å². The Balaban J connectivity index is 3.30. The molecule has 3 N–H and O–H groups in total. The van der Waals surface area contributed by atoms with Gasteiger partial charge in [-0.25, -0.2) is 0 Å². The minimum atomic E-state index is -0.838. The first-order valence-corrected chi connectivity index (χ1v) is 34.5. The van der Waals surface area contributed by atoms with Crippen molar-refractivity contribution in [3.05, 3.63) is 12.2 Å². The Morgan fingerprint density at radius 1 is 0.360 bits per heavy atom. The third kappa shape index (κ3) is 61.7. The molecule has 0 fully saturated rings. The van der Waals surface area contributed by atoms with E-state index in [2.05, 4.69) is 19.2 Å². The van der Waals surface area contributed by atoms with Crippen LogP contribution < -0.4 is 5.32 Å². The summed E-state index contributed by atoms with van der Waals surface area (Å²) in [6.07, 6.45) is 80.2. The molecule has 0 radical (unpaired) electrons. The molecule has 0 aromatic carbocycles. The van der Waals surface area contributed by atoms with Crippen LogP contribution in [0, 0.1) is 0 Å². The fourth-order valence-corrected chi connectivity index (χ4v) is 11.1. The number of aliphatic hydroxyl groups excluding tert-OH is 2. The van der Waals surface area contributed by atoms with Crippen LogP contribution in [0.5, 0.6) is 0 Å². The molecule has 0 rings (SSSR count). The Labute approximate surface area is 469 Å². The minimum absolute atomic E-state index is 0.0226. The molecule has 0 spiro atoms. The fraction of sp³-hybridized carbons (Fsp3) is 0.942. The average molecular weight is 1060 g/mol. The van der Waals surface area contributed by atoms with Crippen LogP contribution in [0.2, 0.25) is 0 Å². The second-order valence-electron chi connectivity index (χ2n) is 23.9. The number of ether oxygens (including phenoxy) is 1. The summed E-state index contributed by atoms with van der Waals surface area (Å²) in [6, 6.07) is -0.622. The van der Waals surface area contributed by atoms with Crippen LogP contribution >= 0.6 is 0 Å². The first-order chi connectivity index (χ1) is 37.0. The van der Waals surface area contributed by atoms with Gasteiger partial charge in [0.2, 0.25) is 5.91 Å². The quantitative estimate of drug-likeness (QED) is 0.0320. The second kappa shape index (κ2) is 65.1. The summed E-state index contributed by atoms with van der Waals surface area (Å²) < 4.78 is 5.48. The van der Waals surface area contributed by atoms with Crippen molar-refractivity contribution in [1.82, 2.24) is 5.32 Å². The molecule has 0 saturated heterocycles. The number of unbranched alkanes of at least 4 members (excludes halogenated alkanes) is 54. The molecule has 0 aliphatic carbocycles. The molecule has 0 aliphatic rings. The van der Waals surface area contributed by atoms with E-state index in [0.29, 0.717) is 19.4 Å². The van der Waals surface area contributed by atoms with E-state index >= 15 is 0 Å². The molecule has 0 heterocycles. The summed E-state index contributed by atoms with van der Waals surface area (Å²) in [5, 5.41) is 23.1. The Kier molecular flexibility index (Phi) is 63.9. The lowest BCUT2D eigenvalue weighted by Crippen LogP contribution is -2.45. The van der Waals surface area contributed by atoms with E-state index in [1.54, 1.807) is 6.08 Å². The number of hydrogen-bond donors (Lipinski definition) is 3. The zero-order valence-corrected chi connectivity index (χ0v) is 51.1. The molecule has 1 amide bonds. The first-order valence-electron chi connectivity index (χ1n) is 34.5. The van der Waals surface area contributed by atoms with Crippen molar-refractivity contribution in [2.24, 2.45) is 0 Å². The molecule has 0 saturated carbocycles. The Morgan fingerprint density at radius 2 is 0.613 bits per heavy atom. The van der Waals surface area contributed by atoms with Gasteiger partial charge in [-0.1, -0.05) is 360 Å². The number of hydrogen-bond acceptors (Lipinski definition) is 5. The molecule has 75 heavy (non-hydrogen) atoms. The van der Waals surface area contributed by atoms with Crippen molar-refractivity contribution in [1.29, 1.82) is 0 Å². The summed E-state index contributed by atoms with van der Waals surface area (Å²) >= 11 is 0. The maximum absolute atomic E-state index is 12.4. The van der Waals surface area contributed by atoms with Crippen molar-refractivity contribution in [2.45, 2.75) is 405 Å². The van der Waals surface area contributed by atoms with E-state index in [-0.39, 0.29) is 18.5 Å². The maximum Gasteiger partial charge on any atom is 0.305 e. The zero-order valence-electron chi connectivity index (χ0n) is 51.1. The number of rotatable bonds is 65. The van der Waals surface area contributed by atoms with Crippen LogP contribution in [0.4, 0.5) is 0 Å². The SMILES string of the molecule is CCCCCCCCCCCC/C=C/C(O)C(CO)NC(=O)CCCCCCCCCCCCCCCCCCCCCCCCCCCCCCCCCCCCCOC(=O)CCCCCCCCCCCCC. The van der Waals surface area contributed by atoms with Crippen LogP contribution in [-0.4, -0.2) is 47.4 Å². The molecule has 2 atom stereocenters. The summed E-state index contributed by atoms with van der Waals surface area (Å²) in [5.74, 6) is -0.0387. The Hall–Kier alpha value is -1.40. The highest BCUT2D eigenvalue weighted by molar-refractivity contribution is 5.76. The van der Waals surface area contributed by atoms with E-state index in [4.69, 9.17) is 4.74 Å². The van der Waals surface area contributed by atoms with Gasteiger partial charge in [0.1, 0.15) is 0 Å². The predicted molar refractivity (Wildman–Crippen MR) is 329 cm³/mol. The van der Waals surface area contributed by atoms with Gasteiger partial charge in [-0.15, -0.1) is 0 Å². The smallest absolute Gasteiger partial charge is 0.305 e. The Morgan fingerprint density at radius 3 is 0.907 bits per heavy atom. The van der Waals surface area contributed by atoms with Crippen LogP contribution in [0.1, 0.15) is 393 Å². The highest BCUT2D eigenvalue weighted by atomic mass is 16.5. The van der Waals surface area contributed by atoms with E-state index < -0.39 is 12.1 Å². The molecular weight excluding hydrogens is 923 g/mol. The third-order valence-corrected chi connectivity index (χ3v) is 16.3. The van der Waals surface area contributed by atoms with E-state index in [9.17, 15) is 19.8 Å². The highest BCUT2D eigenvalue weighted by Crippen LogP contribution is 2.19. The molecule has 2 unspecified atom stereocenters. The molecule has 6 heteroatoms. The summed E-state index contributed by atoms with van der Waals surface area (Å²) in [6.45, 7) is 4.92. The molecule has 0 aromatic heterocycles. The second-order valence-corrected chi connectivity index (χ2v) is 23.9. The van der Waals surface area contributed by atoms with Crippen LogP contribution in [0.15, 0.2) is 12.2 Å². The standard InChI is InChI=1S/C69H135NO5/c1-3-5-7-9-11-13-15-42-45-49-53-57-61-67(72)66(65-71)70-68(73)62-58-54-50-46-43-39-37-35-33-31-29-27-25-23-21-19-17-16-18-20-22-24-26-28-30-32-34-36-38-40-44-48-52-56-60-64-75-69(74)63-59-55-51-47-41-14-12-10-8-6-4-2/h57,61,66-67,71-72H,3-56,58-60,62-65H2,1-2H3,(H,70,73)/b61-57+. The highest BCUT2D eigenvalue weighted by Gasteiger charge is 2.18. The molecule has 446 valence electrons. The number of nitrogens with one attached hydrogen (secondary N) is 1. The van der Waals surface area contributed by atoms with Crippen LogP contribution in [0.3, 0.4) is 0 Å². The average Bonchev–Trinajstić information content (AvgIpc) is 3.41. The van der Waals surface area contributed by atoms with Crippen molar-refractivity contribution in [3.8, 4) is 0 Å². The van der Waals surface area contributed by atoms with Crippen molar-refractivity contribution in [2.75, 3.05) is 13.2 Å². The Bertz CT molecular complexity index is 1130.